The van der Waals surface area contributed by atoms with Crippen LogP contribution in [-0.2, 0) is 11.8 Å². The first-order valence-corrected chi connectivity index (χ1v) is 9.02. The molecule has 132 valence electrons. The number of aryl methyl sites for hydroxylation is 1. The van der Waals surface area contributed by atoms with Gasteiger partial charge < -0.3 is 9.64 Å². The molecular weight excluding hydrogens is 326 g/mol. The van der Waals surface area contributed by atoms with Gasteiger partial charge in [0.15, 0.2) is 0 Å². The molecule has 0 bridgehead atoms. The average molecular weight is 347 g/mol. The van der Waals surface area contributed by atoms with Crippen LogP contribution < -0.4 is 4.90 Å². The Kier molecular flexibility index (Phi) is 3.50. The summed E-state index contributed by atoms with van der Waals surface area (Å²) in [6.07, 6.45) is 7.93. The molecule has 0 aromatic carbocycles. The van der Waals surface area contributed by atoms with Crippen molar-refractivity contribution in [2.45, 2.75) is 12.8 Å². The van der Waals surface area contributed by atoms with Crippen molar-refractivity contribution in [2.24, 2.45) is 12.5 Å². The van der Waals surface area contributed by atoms with Crippen molar-refractivity contribution in [1.29, 1.82) is 0 Å². The molecule has 0 saturated carbocycles. The predicted octanol–water partition coefficient (Wildman–Crippen LogP) is 2.08. The highest BCUT2D eigenvalue weighted by atomic mass is 16.5. The van der Waals surface area contributed by atoms with Gasteiger partial charge in [0.2, 0.25) is 0 Å². The van der Waals surface area contributed by atoms with Crippen molar-refractivity contribution >= 4 is 11.5 Å². The normalized spacial score (nSPS) is 18.6. The third kappa shape index (κ3) is 2.56. The summed E-state index contributed by atoms with van der Waals surface area (Å²) in [6, 6.07) is 6.27. The fraction of sp³-hybridized carbons (Fsp3) is 0.400. The van der Waals surface area contributed by atoms with Crippen molar-refractivity contribution < 1.29 is 4.74 Å². The zero-order chi connectivity index (χ0) is 17.6. The van der Waals surface area contributed by atoms with E-state index in [0.29, 0.717) is 5.41 Å². The molecule has 2 aliphatic heterocycles. The number of rotatable bonds is 1. The predicted molar refractivity (Wildman–Crippen MR) is 99.1 cm³/mol. The fourth-order valence-corrected chi connectivity index (χ4v) is 3.87. The smallest absolute Gasteiger partial charge is 0.139 e. The van der Waals surface area contributed by atoms with Gasteiger partial charge >= 0.3 is 0 Å². The maximum atomic E-state index is 5.45. The molecule has 2 fully saturated rings. The highest BCUT2D eigenvalue weighted by Gasteiger charge is 2.41. The van der Waals surface area contributed by atoms with E-state index in [0.717, 1.165) is 43.2 Å². The number of piperidine rings is 1. The third-order valence-corrected chi connectivity index (χ3v) is 5.51. The zero-order valence-corrected chi connectivity index (χ0v) is 14.9. The van der Waals surface area contributed by atoms with Gasteiger partial charge in [0.25, 0.3) is 0 Å². The quantitative estimate of drug-likeness (QED) is 0.633. The number of imidazole rings is 1. The van der Waals surface area contributed by atoms with Crippen molar-refractivity contribution in [1.82, 2.24) is 19.2 Å². The molecule has 5 heterocycles. The van der Waals surface area contributed by atoms with E-state index in [1.807, 2.05) is 25.5 Å². The maximum Gasteiger partial charge on any atom is 0.139 e. The molecule has 2 saturated heterocycles. The van der Waals surface area contributed by atoms with Crippen LogP contribution in [0.4, 0.5) is 5.82 Å². The lowest BCUT2D eigenvalue weighted by Gasteiger charge is -2.47. The summed E-state index contributed by atoms with van der Waals surface area (Å²) in [4.78, 5) is 6.99. The molecule has 2 aliphatic rings. The van der Waals surface area contributed by atoms with E-state index < -0.39 is 0 Å². The minimum atomic E-state index is 0.433. The first kappa shape index (κ1) is 15.5. The monoisotopic (exact) mass is 347 g/mol. The summed E-state index contributed by atoms with van der Waals surface area (Å²) < 4.78 is 9.38. The summed E-state index contributed by atoms with van der Waals surface area (Å²) in [5, 5.41) is 4.17. The molecule has 26 heavy (non-hydrogen) atoms. The number of pyridine rings is 1. The molecule has 0 atom stereocenters. The second kappa shape index (κ2) is 5.89. The Hall–Kier alpha value is -2.78. The van der Waals surface area contributed by atoms with Crippen LogP contribution >= 0.6 is 0 Å². The van der Waals surface area contributed by atoms with Crippen LogP contribution in [0.25, 0.3) is 5.65 Å². The first-order chi connectivity index (χ1) is 12.7. The SMILES string of the molecule is Cn1cc(C#Cc2cnc3cccc(N4CCC5(CC4)COC5)n23)cn1. The number of aromatic nitrogens is 4. The van der Waals surface area contributed by atoms with Crippen LogP contribution in [0.2, 0.25) is 0 Å². The second-order valence-electron chi connectivity index (χ2n) is 7.35. The molecule has 0 unspecified atom stereocenters. The molecule has 0 N–H and O–H groups in total. The Labute approximate surface area is 152 Å². The Morgan fingerprint density at radius 2 is 1.96 bits per heavy atom. The number of nitrogens with zero attached hydrogens (tertiary/aromatic N) is 5. The van der Waals surface area contributed by atoms with Gasteiger partial charge in [-0.3, -0.25) is 9.08 Å². The van der Waals surface area contributed by atoms with E-state index in [9.17, 15) is 0 Å². The van der Waals surface area contributed by atoms with Gasteiger partial charge in [-0.1, -0.05) is 12.0 Å². The number of fused-ring (bicyclic) bond motifs is 1. The van der Waals surface area contributed by atoms with Crippen LogP contribution in [0.15, 0.2) is 36.8 Å². The van der Waals surface area contributed by atoms with Crippen LogP contribution in [0.5, 0.6) is 0 Å². The molecule has 3 aromatic heterocycles. The van der Waals surface area contributed by atoms with Gasteiger partial charge in [0.05, 0.1) is 31.2 Å². The molecule has 0 radical (unpaired) electrons. The van der Waals surface area contributed by atoms with E-state index in [1.54, 1.807) is 10.9 Å². The highest BCUT2D eigenvalue weighted by molar-refractivity contribution is 5.56. The van der Waals surface area contributed by atoms with Gasteiger partial charge in [-0.2, -0.15) is 5.10 Å². The van der Waals surface area contributed by atoms with E-state index in [2.05, 4.69) is 43.4 Å². The zero-order valence-electron chi connectivity index (χ0n) is 14.9. The minimum absolute atomic E-state index is 0.433. The molecule has 6 nitrogen and oxygen atoms in total. The topological polar surface area (TPSA) is 47.6 Å². The lowest BCUT2D eigenvalue weighted by Crippen LogP contribution is -2.51. The Morgan fingerprint density at radius 1 is 1.12 bits per heavy atom. The summed E-state index contributed by atoms with van der Waals surface area (Å²) in [7, 11) is 1.90. The van der Waals surface area contributed by atoms with Crippen molar-refractivity contribution in [3.05, 3.63) is 48.0 Å². The Morgan fingerprint density at radius 3 is 2.65 bits per heavy atom. The Balaban J connectivity index is 1.48. The van der Waals surface area contributed by atoms with Gasteiger partial charge in [0, 0.05) is 31.7 Å². The molecule has 0 aliphatic carbocycles. The van der Waals surface area contributed by atoms with Crippen LogP contribution in [0.1, 0.15) is 24.1 Å². The number of hydrogen-bond donors (Lipinski definition) is 0. The molecule has 6 heteroatoms. The van der Waals surface area contributed by atoms with Gasteiger partial charge in [-0.15, -0.1) is 0 Å². The average Bonchev–Trinajstić information content (AvgIpc) is 3.24. The highest BCUT2D eigenvalue weighted by Crippen LogP contribution is 2.39. The van der Waals surface area contributed by atoms with E-state index in [-0.39, 0.29) is 0 Å². The van der Waals surface area contributed by atoms with E-state index in [1.165, 1.54) is 18.7 Å². The summed E-state index contributed by atoms with van der Waals surface area (Å²) in [6.45, 7) is 3.96. The lowest BCUT2D eigenvalue weighted by molar-refractivity contribution is -0.124. The van der Waals surface area contributed by atoms with Gasteiger partial charge in [0.1, 0.15) is 17.2 Å². The molecule has 3 aromatic rings. The molecule has 1 spiro atoms. The summed E-state index contributed by atoms with van der Waals surface area (Å²) in [5.41, 5.74) is 3.18. The maximum absolute atomic E-state index is 5.45. The van der Waals surface area contributed by atoms with Crippen LogP contribution in [0, 0.1) is 17.3 Å². The van der Waals surface area contributed by atoms with Crippen LogP contribution in [0.3, 0.4) is 0 Å². The first-order valence-electron chi connectivity index (χ1n) is 9.02. The largest absolute Gasteiger partial charge is 0.380 e. The minimum Gasteiger partial charge on any atom is -0.380 e. The van der Waals surface area contributed by atoms with E-state index >= 15 is 0 Å². The van der Waals surface area contributed by atoms with E-state index in [4.69, 9.17) is 4.74 Å². The van der Waals surface area contributed by atoms with Crippen LogP contribution in [-0.4, -0.2) is 45.5 Å². The number of ether oxygens (including phenoxy) is 1. The van der Waals surface area contributed by atoms with Crippen molar-refractivity contribution in [3.63, 3.8) is 0 Å². The summed E-state index contributed by atoms with van der Waals surface area (Å²) >= 11 is 0. The number of anilines is 1. The second-order valence-corrected chi connectivity index (χ2v) is 7.35. The van der Waals surface area contributed by atoms with Crippen molar-refractivity contribution in [2.75, 3.05) is 31.2 Å². The number of hydrogen-bond acceptors (Lipinski definition) is 4. The molecular formula is C20H21N5O. The summed E-state index contributed by atoms with van der Waals surface area (Å²) in [5.74, 6) is 7.63. The standard InChI is InChI=1S/C20H21N5O/c1-23-13-16(11-22-23)5-6-17-12-21-18-3-2-4-19(25(17)18)24-9-7-20(8-10-24)14-26-15-20/h2-4,11-13H,7-10,14-15H2,1H3. The third-order valence-electron chi connectivity index (χ3n) is 5.51. The van der Waals surface area contributed by atoms with Gasteiger partial charge in [-0.05, 0) is 30.9 Å². The Bertz CT molecular complexity index is 1010. The van der Waals surface area contributed by atoms with Crippen molar-refractivity contribution in [3.8, 4) is 11.8 Å². The van der Waals surface area contributed by atoms with Gasteiger partial charge in [-0.25, -0.2) is 4.98 Å². The molecule has 5 rings (SSSR count). The molecule has 0 amide bonds. The lowest BCUT2D eigenvalue weighted by atomic mass is 9.77. The fourth-order valence-electron chi connectivity index (χ4n) is 3.87.